The van der Waals surface area contributed by atoms with Crippen LogP contribution in [0.15, 0.2) is 53.3 Å². The first-order chi connectivity index (χ1) is 13.1. The number of thioether (sulfide) groups is 1. The summed E-state index contributed by atoms with van der Waals surface area (Å²) >= 11 is 1.79. The van der Waals surface area contributed by atoms with Crippen molar-refractivity contribution in [3.8, 4) is 0 Å². The smallest absolute Gasteiger partial charge is 0.272 e. The van der Waals surface area contributed by atoms with Gasteiger partial charge in [0.15, 0.2) is 0 Å². The first-order valence-electron chi connectivity index (χ1n) is 9.01. The molecule has 1 aromatic heterocycles. The molecular formula is C21H23N3O2S. The van der Waals surface area contributed by atoms with Gasteiger partial charge in [0.1, 0.15) is 5.69 Å². The molecule has 5 nitrogen and oxygen atoms in total. The second-order valence-electron chi connectivity index (χ2n) is 6.24. The van der Waals surface area contributed by atoms with Crippen LogP contribution in [0.25, 0.3) is 11.0 Å². The molecule has 0 saturated carbocycles. The Morgan fingerprint density at radius 2 is 1.96 bits per heavy atom. The Morgan fingerprint density at radius 1 is 1.19 bits per heavy atom. The van der Waals surface area contributed by atoms with Crippen LogP contribution in [-0.4, -0.2) is 27.8 Å². The number of carbonyl (C=O) groups is 1. The fraction of sp³-hybridized carbons (Fsp3) is 0.286. The second-order valence-corrected chi connectivity index (χ2v) is 7.35. The number of hydrogen-bond donors (Lipinski definition) is 1. The maximum Gasteiger partial charge on any atom is 0.272 e. The lowest BCUT2D eigenvalue weighted by Crippen LogP contribution is -2.26. The lowest BCUT2D eigenvalue weighted by Gasteiger charge is -2.10. The van der Waals surface area contributed by atoms with E-state index in [2.05, 4.69) is 22.4 Å². The molecule has 1 heterocycles. The van der Waals surface area contributed by atoms with Gasteiger partial charge < -0.3 is 9.88 Å². The van der Waals surface area contributed by atoms with Gasteiger partial charge in [-0.1, -0.05) is 30.3 Å². The summed E-state index contributed by atoms with van der Waals surface area (Å²) in [7, 11) is 0. The fourth-order valence-corrected chi connectivity index (χ4v) is 3.75. The highest BCUT2D eigenvalue weighted by Gasteiger charge is 2.11. The molecule has 0 bridgehead atoms. The van der Waals surface area contributed by atoms with Crippen molar-refractivity contribution >= 4 is 28.7 Å². The predicted molar refractivity (Wildman–Crippen MR) is 111 cm³/mol. The molecule has 0 spiro atoms. The molecule has 0 aliphatic rings. The maximum atomic E-state index is 12.4. The Labute approximate surface area is 162 Å². The zero-order chi connectivity index (χ0) is 19.2. The molecule has 0 saturated heterocycles. The van der Waals surface area contributed by atoms with E-state index in [0.717, 1.165) is 17.0 Å². The highest BCUT2D eigenvalue weighted by molar-refractivity contribution is 7.98. The van der Waals surface area contributed by atoms with Crippen LogP contribution in [0.3, 0.4) is 0 Å². The van der Waals surface area contributed by atoms with E-state index < -0.39 is 0 Å². The van der Waals surface area contributed by atoms with Crippen molar-refractivity contribution in [1.29, 1.82) is 0 Å². The van der Waals surface area contributed by atoms with Crippen LogP contribution in [-0.2, 0) is 12.3 Å². The summed E-state index contributed by atoms with van der Waals surface area (Å²) in [4.78, 5) is 28.9. The predicted octanol–water partition coefficient (Wildman–Crippen LogP) is 3.39. The van der Waals surface area contributed by atoms with E-state index in [1.807, 2.05) is 25.1 Å². The lowest BCUT2D eigenvalue weighted by molar-refractivity contribution is 0.0956. The fourth-order valence-electron chi connectivity index (χ4n) is 2.93. The van der Waals surface area contributed by atoms with Gasteiger partial charge in [-0.25, -0.2) is 4.98 Å². The lowest BCUT2D eigenvalue weighted by atomic mass is 10.1. The van der Waals surface area contributed by atoms with Crippen molar-refractivity contribution in [2.45, 2.75) is 26.1 Å². The van der Waals surface area contributed by atoms with E-state index in [4.69, 9.17) is 0 Å². The van der Waals surface area contributed by atoms with Gasteiger partial charge in [0.25, 0.3) is 11.5 Å². The van der Waals surface area contributed by atoms with E-state index in [1.165, 1.54) is 5.56 Å². The molecule has 6 heteroatoms. The molecule has 3 aromatic rings. The van der Waals surface area contributed by atoms with Gasteiger partial charge in [-0.15, -0.1) is 0 Å². The number of aromatic nitrogens is 2. The summed E-state index contributed by atoms with van der Waals surface area (Å²) in [6, 6.07) is 15.6. The summed E-state index contributed by atoms with van der Waals surface area (Å²) in [5.74, 6) is 1.66. The van der Waals surface area contributed by atoms with Crippen LogP contribution in [0.1, 0.15) is 28.5 Å². The molecule has 0 atom stereocenters. The normalized spacial score (nSPS) is 10.9. The van der Waals surface area contributed by atoms with Crippen LogP contribution in [0, 0.1) is 6.92 Å². The van der Waals surface area contributed by atoms with Crippen LogP contribution in [0.5, 0.6) is 0 Å². The molecule has 0 unspecified atom stereocenters. The topological polar surface area (TPSA) is 64.0 Å². The number of carbonyl (C=O) groups excluding carboxylic acids is 1. The minimum Gasteiger partial charge on any atom is -0.351 e. The van der Waals surface area contributed by atoms with Gasteiger partial charge in [-0.05, 0) is 37.6 Å². The van der Waals surface area contributed by atoms with Crippen molar-refractivity contribution in [2.24, 2.45) is 0 Å². The Morgan fingerprint density at radius 3 is 2.70 bits per heavy atom. The second kappa shape index (κ2) is 8.86. The maximum absolute atomic E-state index is 12.4. The summed E-state index contributed by atoms with van der Waals surface area (Å²) < 4.78 is 1.68. The third-order valence-electron chi connectivity index (χ3n) is 4.33. The van der Waals surface area contributed by atoms with Crippen molar-refractivity contribution < 1.29 is 4.79 Å². The van der Waals surface area contributed by atoms with Crippen LogP contribution >= 0.6 is 11.8 Å². The number of nitrogens with one attached hydrogen (secondary N) is 1. The van der Waals surface area contributed by atoms with Crippen molar-refractivity contribution in [3.63, 3.8) is 0 Å². The van der Waals surface area contributed by atoms with E-state index in [1.54, 1.807) is 41.5 Å². The Hall–Kier alpha value is -2.60. The van der Waals surface area contributed by atoms with Gasteiger partial charge in [0.05, 0.1) is 11.0 Å². The average molecular weight is 382 g/mol. The SMILES string of the molecule is CCn1c(=O)c(C)nc2cc(C(=O)NCCSCc3ccccc3)ccc21. The number of amides is 1. The first kappa shape index (κ1) is 19.2. The molecule has 0 fully saturated rings. The van der Waals surface area contributed by atoms with Crippen LogP contribution in [0.4, 0.5) is 0 Å². The zero-order valence-corrected chi connectivity index (χ0v) is 16.4. The van der Waals surface area contributed by atoms with Gasteiger partial charge >= 0.3 is 0 Å². The molecule has 2 aromatic carbocycles. The molecule has 3 rings (SSSR count). The Bertz CT molecular complexity index is 999. The number of hydrogen-bond acceptors (Lipinski definition) is 4. The van der Waals surface area contributed by atoms with Gasteiger partial charge in [0.2, 0.25) is 0 Å². The highest BCUT2D eigenvalue weighted by Crippen LogP contribution is 2.14. The number of nitrogens with zero attached hydrogens (tertiary/aromatic N) is 2. The van der Waals surface area contributed by atoms with E-state index in [9.17, 15) is 9.59 Å². The molecule has 0 radical (unpaired) electrons. The van der Waals surface area contributed by atoms with Crippen molar-refractivity contribution in [2.75, 3.05) is 12.3 Å². The van der Waals surface area contributed by atoms with Crippen LogP contribution in [0.2, 0.25) is 0 Å². The van der Waals surface area contributed by atoms with Gasteiger partial charge in [-0.2, -0.15) is 11.8 Å². The summed E-state index contributed by atoms with van der Waals surface area (Å²) in [6.45, 7) is 4.80. The number of benzene rings is 2. The molecule has 1 amide bonds. The Balaban J connectivity index is 1.60. The molecule has 140 valence electrons. The van der Waals surface area contributed by atoms with Gasteiger partial charge in [-0.3, -0.25) is 9.59 Å². The Kier molecular flexibility index (Phi) is 6.29. The van der Waals surface area contributed by atoms with Gasteiger partial charge in [0, 0.05) is 30.2 Å². The van der Waals surface area contributed by atoms with E-state index in [-0.39, 0.29) is 11.5 Å². The van der Waals surface area contributed by atoms with Crippen LogP contribution < -0.4 is 10.9 Å². The largest absolute Gasteiger partial charge is 0.351 e. The highest BCUT2D eigenvalue weighted by atomic mass is 32.2. The van der Waals surface area contributed by atoms with Crippen molar-refractivity contribution in [1.82, 2.24) is 14.9 Å². The summed E-state index contributed by atoms with van der Waals surface area (Å²) in [5.41, 5.74) is 3.62. The van der Waals surface area contributed by atoms with Crippen molar-refractivity contribution in [3.05, 3.63) is 75.7 Å². The third-order valence-corrected chi connectivity index (χ3v) is 5.36. The quantitative estimate of drug-likeness (QED) is 0.637. The number of aryl methyl sites for hydroxylation is 2. The first-order valence-corrected chi connectivity index (χ1v) is 10.2. The zero-order valence-electron chi connectivity index (χ0n) is 15.6. The molecule has 0 aliphatic heterocycles. The minimum absolute atomic E-state index is 0.0855. The molecule has 1 N–H and O–H groups in total. The number of rotatable bonds is 7. The molecular weight excluding hydrogens is 358 g/mol. The number of fused-ring (bicyclic) bond motifs is 1. The van der Waals surface area contributed by atoms with E-state index in [0.29, 0.717) is 29.9 Å². The standard InChI is InChI=1S/C21H23N3O2S/c1-3-24-19-10-9-17(13-18(19)23-15(2)21(24)26)20(25)22-11-12-27-14-16-7-5-4-6-8-16/h4-10,13H,3,11-12,14H2,1-2H3,(H,22,25). The van der Waals surface area contributed by atoms with E-state index >= 15 is 0 Å². The molecule has 0 aliphatic carbocycles. The monoisotopic (exact) mass is 381 g/mol. The summed E-state index contributed by atoms with van der Waals surface area (Å²) in [6.07, 6.45) is 0. The third kappa shape index (κ3) is 4.57. The average Bonchev–Trinajstić information content (AvgIpc) is 2.69. The summed E-state index contributed by atoms with van der Waals surface area (Å²) in [5, 5.41) is 2.95. The molecule has 27 heavy (non-hydrogen) atoms. The minimum atomic E-state index is -0.120.